The molecule has 29 heavy (non-hydrogen) atoms. The zero-order valence-electron chi connectivity index (χ0n) is 15.6. The molecule has 1 aromatic rings. The van der Waals surface area contributed by atoms with Gasteiger partial charge in [0, 0.05) is 41.6 Å². The molecule has 2 atom stereocenters. The fraction of sp³-hybridized carbons (Fsp3) is 0.350. The summed E-state index contributed by atoms with van der Waals surface area (Å²) in [5.74, 6) is -1.40. The second-order valence-electron chi connectivity index (χ2n) is 6.99. The molecule has 0 saturated heterocycles. The SMILES string of the molecule is CCN1CC=C2C(C#N)=C(N)C(C#N)(C#N)[C@H](c3ccc(Cl)cc3[N+](=O)[O-])[C@H]2C1. The average molecular weight is 409 g/mol. The molecule has 1 aliphatic carbocycles. The summed E-state index contributed by atoms with van der Waals surface area (Å²) in [6.07, 6.45) is 1.86. The zero-order chi connectivity index (χ0) is 21.3. The fourth-order valence-corrected chi connectivity index (χ4v) is 4.45. The van der Waals surface area contributed by atoms with E-state index in [2.05, 4.69) is 4.90 Å². The minimum Gasteiger partial charge on any atom is -0.399 e. The van der Waals surface area contributed by atoms with E-state index >= 15 is 0 Å². The van der Waals surface area contributed by atoms with Crippen LogP contribution in [0.2, 0.25) is 5.02 Å². The summed E-state index contributed by atoms with van der Waals surface area (Å²) in [5.41, 5.74) is 4.80. The Balaban J connectivity index is 2.39. The Morgan fingerprint density at radius 3 is 2.62 bits per heavy atom. The molecule has 0 aromatic heterocycles. The highest BCUT2D eigenvalue weighted by Crippen LogP contribution is 2.55. The van der Waals surface area contributed by atoms with E-state index in [4.69, 9.17) is 17.3 Å². The Hall–Kier alpha value is -3.38. The van der Waals surface area contributed by atoms with Gasteiger partial charge in [0.25, 0.3) is 5.69 Å². The van der Waals surface area contributed by atoms with Crippen molar-refractivity contribution in [2.75, 3.05) is 19.6 Å². The number of nitrogens with two attached hydrogens (primary N) is 1. The first-order valence-electron chi connectivity index (χ1n) is 8.94. The van der Waals surface area contributed by atoms with Crippen molar-refractivity contribution < 1.29 is 4.92 Å². The average Bonchev–Trinajstić information content (AvgIpc) is 2.73. The summed E-state index contributed by atoms with van der Waals surface area (Å²) < 4.78 is 0. The van der Waals surface area contributed by atoms with E-state index in [1.54, 1.807) is 0 Å². The maximum Gasteiger partial charge on any atom is 0.274 e. The molecule has 0 fully saturated rings. The van der Waals surface area contributed by atoms with E-state index < -0.39 is 22.2 Å². The van der Waals surface area contributed by atoms with E-state index in [1.807, 2.05) is 31.2 Å². The van der Waals surface area contributed by atoms with Gasteiger partial charge in [-0.3, -0.25) is 15.0 Å². The molecule has 8 nitrogen and oxygen atoms in total. The standard InChI is InChI=1S/C20H17ClN6O2/c1-2-26-6-5-13-15(8-22)19(25)20(10-23,11-24)18(16(13)9-26)14-4-3-12(21)7-17(14)27(28)29/h3-5,7,16,18H,2,6,9,25H2,1H3/t16-,18+/m0/s1. The highest BCUT2D eigenvalue weighted by Gasteiger charge is 2.55. The Morgan fingerprint density at radius 2 is 2.07 bits per heavy atom. The Bertz CT molecular complexity index is 1060. The van der Waals surface area contributed by atoms with E-state index in [-0.39, 0.29) is 27.5 Å². The van der Waals surface area contributed by atoms with Crippen LogP contribution in [0.4, 0.5) is 5.69 Å². The molecule has 0 spiro atoms. The number of nitro benzene ring substituents is 1. The first-order valence-corrected chi connectivity index (χ1v) is 9.31. The van der Waals surface area contributed by atoms with Gasteiger partial charge in [-0.15, -0.1) is 0 Å². The number of hydrogen-bond acceptors (Lipinski definition) is 7. The molecule has 0 unspecified atom stereocenters. The van der Waals surface area contributed by atoms with Gasteiger partial charge in [-0.25, -0.2) is 0 Å². The topological polar surface area (TPSA) is 144 Å². The lowest BCUT2D eigenvalue weighted by Crippen LogP contribution is -2.48. The highest BCUT2D eigenvalue weighted by molar-refractivity contribution is 6.30. The van der Waals surface area contributed by atoms with E-state index in [1.165, 1.54) is 18.2 Å². The second kappa shape index (κ2) is 7.56. The number of nitrogens with zero attached hydrogens (tertiary/aromatic N) is 5. The number of likely N-dealkylation sites (N-methyl/N-ethyl adjacent to an activating group) is 1. The minimum absolute atomic E-state index is 0.113. The molecule has 1 aliphatic heterocycles. The molecule has 146 valence electrons. The molecular weight excluding hydrogens is 392 g/mol. The molecule has 2 N–H and O–H groups in total. The van der Waals surface area contributed by atoms with Crippen molar-refractivity contribution in [3.8, 4) is 18.2 Å². The highest BCUT2D eigenvalue weighted by atomic mass is 35.5. The number of benzene rings is 1. The number of nitriles is 3. The first kappa shape index (κ1) is 20.4. The van der Waals surface area contributed by atoms with Crippen LogP contribution in [0.3, 0.4) is 0 Å². The molecule has 0 saturated carbocycles. The first-order chi connectivity index (χ1) is 13.8. The Morgan fingerprint density at radius 1 is 1.38 bits per heavy atom. The fourth-order valence-electron chi connectivity index (χ4n) is 4.28. The molecule has 0 bridgehead atoms. The Kier molecular flexibility index (Phi) is 5.31. The van der Waals surface area contributed by atoms with Crippen LogP contribution in [0.25, 0.3) is 0 Å². The van der Waals surface area contributed by atoms with Crippen LogP contribution in [-0.2, 0) is 0 Å². The smallest absolute Gasteiger partial charge is 0.274 e. The number of rotatable bonds is 3. The number of fused-ring (bicyclic) bond motifs is 1. The van der Waals surface area contributed by atoms with Crippen LogP contribution >= 0.6 is 11.6 Å². The van der Waals surface area contributed by atoms with Crippen LogP contribution in [-0.4, -0.2) is 29.5 Å². The summed E-state index contributed by atoms with van der Waals surface area (Å²) >= 11 is 5.96. The predicted octanol–water partition coefficient (Wildman–Crippen LogP) is 2.99. The Labute approximate surface area is 172 Å². The van der Waals surface area contributed by atoms with Crippen molar-refractivity contribution >= 4 is 17.3 Å². The third-order valence-electron chi connectivity index (χ3n) is 5.71. The van der Waals surface area contributed by atoms with Crippen molar-refractivity contribution in [3.63, 3.8) is 0 Å². The molecular formula is C20H17ClN6O2. The van der Waals surface area contributed by atoms with E-state index in [9.17, 15) is 25.9 Å². The van der Waals surface area contributed by atoms with Gasteiger partial charge >= 0.3 is 0 Å². The summed E-state index contributed by atoms with van der Waals surface area (Å²) in [4.78, 5) is 13.3. The maximum absolute atomic E-state index is 11.7. The normalized spacial score (nSPS) is 23.2. The summed E-state index contributed by atoms with van der Waals surface area (Å²) in [5, 5.41) is 41.7. The number of nitro groups is 1. The van der Waals surface area contributed by atoms with Gasteiger partial charge < -0.3 is 5.73 Å². The number of halogens is 1. The molecule has 2 aliphatic rings. The largest absolute Gasteiger partial charge is 0.399 e. The summed E-state index contributed by atoms with van der Waals surface area (Å²) in [6.45, 7) is 3.71. The number of allylic oxidation sites excluding steroid dienone is 2. The van der Waals surface area contributed by atoms with Crippen LogP contribution in [0.5, 0.6) is 0 Å². The zero-order valence-corrected chi connectivity index (χ0v) is 16.3. The van der Waals surface area contributed by atoms with Crippen LogP contribution in [0.1, 0.15) is 18.4 Å². The lowest BCUT2D eigenvalue weighted by atomic mass is 9.58. The van der Waals surface area contributed by atoms with Gasteiger partial charge in [0.2, 0.25) is 0 Å². The van der Waals surface area contributed by atoms with Gasteiger partial charge in [-0.05, 0) is 18.2 Å². The number of hydrogen-bond donors (Lipinski definition) is 1. The molecule has 0 amide bonds. The molecule has 9 heteroatoms. The van der Waals surface area contributed by atoms with Crippen molar-refractivity contribution in [2.45, 2.75) is 12.8 Å². The third-order valence-corrected chi connectivity index (χ3v) is 5.95. The van der Waals surface area contributed by atoms with Gasteiger partial charge in [0.05, 0.1) is 28.3 Å². The molecule has 1 heterocycles. The van der Waals surface area contributed by atoms with Gasteiger partial charge in [0.1, 0.15) is 6.07 Å². The van der Waals surface area contributed by atoms with Gasteiger partial charge in [-0.2, -0.15) is 15.8 Å². The predicted molar refractivity (Wildman–Crippen MR) is 105 cm³/mol. The minimum atomic E-state index is -1.91. The lowest BCUT2D eigenvalue weighted by Gasteiger charge is -2.45. The third kappa shape index (κ3) is 3.02. The van der Waals surface area contributed by atoms with Gasteiger partial charge in [0.15, 0.2) is 5.41 Å². The monoisotopic (exact) mass is 408 g/mol. The summed E-state index contributed by atoms with van der Waals surface area (Å²) in [7, 11) is 0. The van der Waals surface area contributed by atoms with E-state index in [0.29, 0.717) is 25.2 Å². The van der Waals surface area contributed by atoms with Crippen molar-refractivity contribution in [1.29, 1.82) is 15.8 Å². The van der Waals surface area contributed by atoms with Crippen molar-refractivity contribution in [3.05, 3.63) is 61.8 Å². The van der Waals surface area contributed by atoms with Crippen molar-refractivity contribution in [2.24, 2.45) is 17.1 Å². The molecule has 3 rings (SSSR count). The quantitative estimate of drug-likeness (QED) is 0.597. The lowest BCUT2D eigenvalue weighted by molar-refractivity contribution is -0.385. The summed E-state index contributed by atoms with van der Waals surface area (Å²) in [6, 6.07) is 10.2. The molecule has 0 radical (unpaired) electrons. The van der Waals surface area contributed by atoms with Gasteiger partial charge in [-0.1, -0.05) is 30.7 Å². The van der Waals surface area contributed by atoms with Crippen LogP contribution in [0.15, 0.2) is 41.1 Å². The molecule has 1 aromatic carbocycles. The maximum atomic E-state index is 11.7. The second-order valence-corrected chi connectivity index (χ2v) is 7.42. The van der Waals surface area contributed by atoms with Crippen LogP contribution in [0, 0.1) is 55.4 Å². The van der Waals surface area contributed by atoms with E-state index in [0.717, 1.165) is 0 Å². The van der Waals surface area contributed by atoms with Crippen LogP contribution < -0.4 is 5.73 Å². The van der Waals surface area contributed by atoms with Crippen molar-refractivity contribution in [1.82, 2.24) is 4.90 Å².